The Hall–Kier alpha value is -0.750. The van der Waals surface area contributed by atoms with E-state index < -0.39 is 11.9 Å². The van der Waals surface area contributed by atoms with Crippen molar-refractivity contribution < 1.29 is 19.8 Å². The molecule has 1 fully saturated rings. The number of rotatable bonds is 1. The van der Waals surface area contributed by atoms with E-state index in [9.17, 15) is 9.59 Å². The molecular weight excluding hydrogens is 194 g/mol. The standard InChI is InChI=1S/C7H11NO4S/c9-3-5-4-13-2-1-8(5)6(10)7(11)12/h5,9H,1-4H2,(H,11,12). The van der Waals surface area contributed by atoms with Crippen molar-refractivity contribution in [1.29, 1.82) is 0 Å². The van der Waals surface area contributed by atoms with E-state index in [0.29, 0.717) is 12.3 Å². The van der Waals surface area contributed by atoms with Crippen LogP contribution in [-0.4, -0.2) is 57.7 Å². The van der Waals surface area contributed by atoms with Crippen LogP contribution < -0.4 is 0 Å². The van der Waals surface area contributed by atoms with Crippen LogP contribution in [-0.2, 0) is 9.59 Å². The van der Waals surface area contributed by atoms with Crippen molar-refractivity contribution in [3.63, 3.8) is 0 Å². The number of carbonyl (C=O) groups excluding carboxylic acids is 1. The fraction of sp³-hybridized carbons (Fsp3) is 0.714. The lowest BCUT2D eigenvalue weighted by molar-refractivity contribution is -0.157. The normalized spacial score (nSPS) is 22.8. The Morgan fingerprint density at radius 1 is 1.54 bits per heavy atom. The number of hydrogen-bond acceptors (Lipinski definition) is 4. The molecule has 2 N–H and O–H groups in total. The van der Waals surface area contributed by atoms with Crippen LogP contribution in [0.15, 0.2) is 0 Å². The SMILES string of the molecule is O=C(O)C(=O)N1CCSCC1CO. The molecule has 0 aliphatic carbocycles. The molecule has 0 spiro atoms. The van der Waals surface area contributed by atoms with E-state index >= 15 is 0 Å². The summed E-state index contributed by atoms with van der Waals surface area (Å²) in [6, 6.07) is -0.345. The second-order valence-corrected chi connectivity index (χ2v) is 3.86. The minimum atomic E-state index is -1.45. The topological polar surface area (TPSA) is 77.8 Å². The van der Waals surface area contributed by atoms with E-state index in [1.807, 2.05) is 0 Å². The molecule has 0 bridgehead atoms. The highest BCUT2D eigenvalue weighted by molar-refractivity contribution is 7.99. The van der Waals surface area contributed by atoms with Gasteiger partial charge in [0.1, 0.15) is 0 Å². The predicted molar refractivity (Wildman–Crippen MR) is 47.5 cm³/mol. The van der Waals surface area contributed by atoms with Crippen molar-refractivity contribution in [2.45, 2.75) is 6.04 Å². The maximum Gasteiger partial charge on any atom is 0.394 e. The first-order valence-corrected chi connectivity index (χ1v) is 5.04. The van der Waals surface area contributed by atoms with Crippen molar-refractivity contribution in [3.8, 4) is 0 Å². The Morgan fingerprint density at radius 2 is 2.23 bits per heavy atom. The molecule has 0 aromatic rings. The molecule has 5 nitrogen and oxygen atoms in total. The summed E-state index contributed by atoms with van der Waals surface area (Å²) >= 11 is 1.61. The van der Waals surface area contributed by atoms with E-state index in [4.69, 9.17) is 10.2 Å². The van der Waals surface area contributed by atoms with Gasteiger partial charge < -0.3 is 15.1 Å². The average molecular weight is 205 g/mol. The highest BCUT2D eigenvalue weighted by Crippen LogP contribution is 2.15. The molecule has 13 heavy (non-hydrogen) atoms. The average Bonchev–Trinajstić information content (AvgIpc) is 2.16. The number of aliphatic carboxylic acids is 1. The predicted octanol–water partition coefficient (Wildman–Crippen LogP) is -0.993. The first kappa shape index (κ1) is 10.3. The third-order valence-electron chi connectivity index (χ3n) is 1.88. The molecule has 74 valence electrons. The lowest BCUT2D eigenvalue weighted by Gasteiger charge is -2.32. The minimum absolute atomic E-state index is 0.175. The molecule has 0 aromatic heterocycles. The van der Waals surface area contributed by atoms with E-state index in [1.165, 1.54) is 4.90 Å². The summed E-state index contributed by atoms with van der Waals surface area (Å²) in [6.07, 6.45) is 0. The van der Waals surface area contributed by atoms with Gasteiger partial charge in [-0.05, 0) is 0 Å². The van der Waals surface area contributed by atoms with Gasteiger partial charge >= 0.3 is 11.9 Å². The van der Waals surface area contributed by atoms with Crippen LogP contribution in [0.25, 0.3) is 0 Å². The van der Waals surface area contributed by atoms with Crippen molar-refractivity contribution >= 4 is 23.6 Å². The molecule has 1 saturated heterocycles. The van der Waals surface area contributed by atoms with Crippen LogP contribution in [0.3, 0.4) is 0 Å². The van der Waals surface area contributed by atoms with Crippen LogP contribution in [0, 0.1) is 0 Å². The summed E-state index contributed by atoms with van der Waals surface area (Å²) < 4.78 is 0. The summed E-state index contributed by atoms with van der Waals surface area (Å²) in [6.45, 7) is 0.229. The first-order valence-electron chi connectivity index (χ1n) is 3.89. The van der Waals surface area contributed by atoms with Crippen molar-refractivity contribution in [1.82, 2.24) is 4.90 Å². The third-order valence-corrected chi connectivity index (χ3v) is 2.97. The second-order valence-electron chi connectivity index (χ2n) is 2.72. The third kappa shape index (κ3) is 2.35. The zero-order chi connectivity index (χ0) is 9.84. The molecule has 1 rings (SSSR count). The number of nitrogens with zero attached hydrogens (tertiary/aromatic N) is 1. The first-order chi connectivity index (χ1) is 6.16. The molecule has 6 heteroatoms. The molecule has 1 aliphatic heterocycles. The minimum Gasteiger partial charge on any atom is -0.474 e. The Morgan fingerprint density at radius 3 is 2.77 bits per heavy atom. The number of amides is 1. The summed E-state index contributed by atoms with van der Waals surface area (Å²) in [5, 5.41) is 17.4. The largest absolute Gasteiger partial charge is 0.474 e. The van der Waals surface area contributed by atoms with E-state index in [0.717, 1.165) is 5.75 Å². The van der Waals surface area contributed by atoms with Crippen LogP contribution >= 0.6 is 11.8 Å². The van der Waals surface area contributed by atoms with Gasteiger partial charge in [-0.2, -0.15) is 11.8 Å². The van der Waals surface area contributed by atoms with Gasteiger partial charge in [0.05, 0.1) is 12.6 Å². The number of hydrogen-bond donors (Lipinski definition) is 2. The molecule has 0 aromatic carbocycles. The second kappa shape index (κ2) is 4.48. The number of aliphatic hydroxyl groups is 1. The molecule has 1 unspecified atom stereocenters. The fourth-order valence-corrected chi connectivity index (χ4v) is 2.25. The van der Waals surface area contributed by atoms with Gasteiger partial charge in [-0.25, -0.2) is 4.79 Å². The highest BCUT2D eigenvalue weighted by atomic mass is 32.2. The summed E-state index contributed by atoms with van der Waals surface area (Å²) in [4.78, 5) is 22.7. The quantitative estimate of drug-likeness (QED) is 0.537. The molecular formula is C7H11NO4S. The molecule has 1 atom stereocenters. The van der Waals surface area contributed by atoms with Crippen LogP contribution in [0.5, 0.6) is 0 Å². The Balaban J connectivity index is 2.64. The lowest BCUT2D eigenvalue weighted by atomic mass is 10.3. The Bertz CT molecular complexity index is 221. The van der Waals surface area contributed by atoms with Gasteiger partial charge in [-0.15, -0.1) is 0 Å². The van der Waals surface area contributed by atoms with Gasteiger partial charge in [-0.3, -0.25) is 4.79 Å². The maximum atomic E-state index is 11.1. The Kier molecular flexibility index (Phi) is 3.56. The number of carbonyl (C=O) groups is 2. The van der Waals surface area contributed by atoms with Gasteiger partial charge in [0, 0.05) is 18.1 Å². The van der Waals surface area contributed by atoms with E-state index in [-0.39, 0.29) is 12.6 Å². The van der Waals surface area contributed by atoms with E-state index in [1.54, 1.807) is 11.8 Å². The number of aliphatic hydroxyl groups excluding tert-OH is 1. The molecule has 1 heterocycles. The van der Waals surface area contributed by atoms with E-state index in [2.05, 4.69) is 0 Å². The Labute approximate surface area is 79.7 Å². The number of thioether (sulfide) groups is 1. The molecule has 1 amide bonds. The van der Waals surface area contributed by atoms with Crippen LogP contribution in [0.2, 0.25) is 0 Å². The van der Waals surface area contributed by atoms with Crippen LogP contribution in [0.4, 0.5) is 0 Å². The summed E-state index contributed by atoms with van der Waals surface area (Å²) in [5.41, 5.74) is 0. The van der Waals surface area contributed by atoms with Crippen LogP contribution in [0.1, 0.15) is 0 Å². The van der Waals surface area contributed by atoms with Gasteiger partial charge in [0.25, 0.3) is 0 Å². The monoisotopic (exact) mass is 205 g/mol. The number of carboxylic acids is 1. The molecule has 0 saturated carbocycles. The van der Waals surface area contributed by atoms with Crippen molar-refractivity contribution in [2.24, 2.45) is 0 Å². The maximum absolute atomic E-state index is 11.1. The van der Waals surface area contributed by atoms with Gasteiger partial charge in [0.15, 0.2) is 0 Å². The molecule has 1 aliphatic rings. The lowest BCUT2D eigenvalue weighted by Crippen LogP contribution is -2.50. The molecule has 0 radical (unpaired) electrons. The summed E-state index contributed by atoms with van der Waals surface area (Å²) in [5.74, 6) is -1.03. The fourth-order valence-electron chi connectivity index (χ4n) is 1.20. The van der Waals surface area contributed by atoms with Gasteiger partial charge in [-0.1, -0.05) is 0 Å². The smallest absolute Gasteiger partial charge is 0.394 e. The summed E-state index contributed by atoms with van der Waals surface area (Å²) in [7, 11) is 0. The van der Waals surface area contributed by atoms with Crippen molar-refractivity contribution in [3.05, 3.63) is 0 Å². The van der Waals surface area contributed by atoms with Gasteiger partial charge in [0.2, 0.25) is 0 Å². The van der Waals surface area contributed by atoms with Crippen molar-refractivity contribution in [2.75, 3.05) is 24.7 Å². The zero-order valence-corrected chi connectivity index (χ0v) is 7.79. The zero-order valence-electron chi connectivity index (χ0n) is 6.97. The highest BCUT2D eigenvalue weighted by Gasteiger charge is 2.30. The number of carboxylic acid groups (broad SMARTS) is 1.